The van der Waals surface area contributed by atoms with Crippen molar-refractivity contribution in [3.05, 3.63) is 59.0 Å². The molecule has 0 amide bonds. The largest absolute Gasteiger partial charge is 0.441 e. The van der Waals surface area contributed by atoms with Crippen molar-refractivity contribution in [1.29, 1.82) is 0 Å². The maximum absolute atomic E-state index is 13.1. The first kappa shape index (κ1) is 17.9. The maximum atomic E-state index is 13.1. The minimum absolute atomic E-state index is 0.150. The Bertz CT molecular complexity index is 918. The molecule has 4 rings (SSSR count). The zero-order valence-corrected chi connectivity index (χ0v) is 15.4. The van der Waals surface area contributed by atoms with Crippen LogP contribution in [0.1, 0.15) is 22.8 Å². The zero-order valence-electron chi connectivity index (χ0n) is 15.4. The standard InChI is InChI=1S/C20H23FN4O2/c1-12-7-17(24-23-12)8-15-9-25(11-19(15)26)10-18-13(2)27-20(22-18)14-3-5-16(21)6-4-14/h3-7,15,19,26H,8-11H2,1-2H3,(H,23,24)/t15-,19-/m1/s1. The fraction of sp³-hybridized carbons (Fsp3) is 0.400. The summed E-state index contributed by atoms with van der Waals surface area (Å²) in [6.07, 6.45) is 0.367. The second-order valence-corrected chi connectivity index (χ2v) is 7.30. The highest BCUT2D eigenvalue weighted by Crippen LogP contribution is 2.26. The number of nitrogens with one attached hydrogen (secondary N) is 1. The number of halogens is 1. The van der Waals surface area contributed by atoms with Gasteiger partial charge in [0.15, 0.2) is 0 Å². The van der Waals surface area contributed by atoms with E-state index in [9.17, 15) is 9.50 Å². The van der Waals surface area contributed by atoms with Crippen LogP contribution in [0.2, 0.25) is 0 Å². The number of aliphatic hydroxyl groups is 1. The Labute approximate surface area is 157 Å². The molecule has 2 atom stereocenters. The smallest absolute Gasteiger partial charge is 0.226 e. The Morgan fingerprint density at radius 1 is 1.26 bits per heavy atom. The van der Waals surface area contributed by atoms with Crippen molar-refractivity contribution < 1.29 is 13.9 Å². The summed E-state index contributed by atoms with van der Waals surface area (Å²) in [4.78, 5) is 6.77. The summed E-state index contributed by atoms with van der Waals surface area (Å²) in [5.41, 5.74) is 3.60. The monoisotopic (exact) mass is 370 g/mol. The number of hydrogen-bond acceptors (Lipinski definition) is 5. The SMILES string of the molecule is Cc1cc(C[C@@H]2CN(Cc3nc(-c4ccc(F)cc4)oc3C)C[C@H]2O)n[nH]1. The number of aromatic nitrogens is 3. The fourth-order valence-corrected chi connectivity index (χ4v) is 3.62. The van der Waals surface area contributed by atoms with Gasteiger partial charge in [0.2, 0.25) is 5.89 Å². The van der Waals surface area contributed by atoms with Gasteiger partial charge in [-0.05, 0) is 50.6 Å². The lowest BCUT2D eigenvalue weighted by Crippen LogP contribution is -2.22. The van der Waals surface area contributed by atoms with Crippen LogP contribution in [0.4, 0.5) is 4.39 Å². The van der Waals surface area contributed by atoms with Crippen molar-refractivity contribution in [2.45, 2.75) is 32.9 Å². The molecule has 1 aromatic carbocycles. The Morgan fingerprint density at radius 2 is 2.04 bits per heavy atom. The van der Waals surface area contributed by atoms with Crippen LogP contribution in [0, 0.1) is 25.6 Å². The summed E-state index contributed by atoms with van der Waals surface area (Å²) in [6, 6.07) is 8.13. The van der Waals surface area contributed by atoms with Crippen LogP contribution in [-0.2, 0) is 13.0 Å². The zero-order chi connectivity index (χ0) is 19.0. The molecule has 3 heterocycles. The molecule has 0 aliphatic carbocycles. The molecule has 1 saturated heterocycles. The molecule has 0 spiro atoms. The molecule has 27 heavy (non-hydrogen) atoms. The maximum Gasteiger partial charge on any atom is 0.226 e. The van der Waals surface area contributed by atoms with E-state index >= 15 is 0 Å². The number of benzene rings is 1. The molecule has 3 aromatic rings. The number of nitrogens with zero attached hydrogens (tertiary/aromatic N) is 3. The van der Waals surface area contributed by atoms with E-state index in [0.717, 1.165) is 41.4 Å². The number of β-amino-alcohol motifs (C(OH)–C–C–N with tert-alkyl or cyclic N) is 1. The molecule has 6 nitrogen and oxygen atoms in total. The number of aliphatic hydroxyl groups excluding tert-OH is 1. The Hall–Kier alpha value is -2.51. The van der Waals surface area contributed by atoms with E-state index in [1.54, 1.807) is 12.1 Å². The van der Waals surface area contributed by atoms with Crippen molar-refractivity contribution in [3.8, 4) is 11.5 Å². The van der Waals surface area contributed by atoms with Gasteiger partial charge in [-0.15, -0.1) is 0 Å². The van der Waals surface area contributed by atoms with Crippen molar-refractivity contribution in [1.82, 2.24) is 20.1 Å². The van der Waals surface area contributed by atoms with Crippen LogP contribution in [0.25, 0.3) is 11.5 Å². The van der Waals surface area contributed by atoms with Gasteiger partial charge in [-0.25, -0.2) is 9.37 Å². The fourth-order valence-electron chi connectivity index (χ4n) is 3.62. The number of likely N-dealkylation sites (tertiary alicyclic amines) is 1. The Morgan fingerprint density at radius 3 is 2.74 bits per heavy atom. The highest BCUT2D eigenvalue weighted by atomic mass is 19.1. The second kappa shape index (κ2) is 7.25. The summed E-state index contributed by atoms with van der Waals surface area (Å²) >= 11 is 0. The predicted molar refractivity (Wildman–Crippen MR) is 98.4 cm³/mol. The van der Waals surface area contributed by atoms with Crippen molar-refractivity contribution in [3.63, 3.8) is 0 Å². The molecule has 1 aliphatic heterocycles. The van der Waals surface area contributed by atoms with E-state index in [4.69, 9.17) is 4.42 Å². The lowest BCUT2D eigenvalue weighted by molar-refractivity contribution is 0.140. The van der Waals surface area contributed by atoms with Crippen LogP contribution in [-0.4, -0.2) is 44.4 Å². The summed E-state index contributed by atoms with van der Waals surface area (Å²) < 4.78 is 18.9. The molecule has 0 unspecified atom stereocenters. The Balaban J connectivity index is 1.43. The van der Waals surface area contributed by atoms with E-state index < -0.39 is 0 Å². The van der Waals surface area contributed by atoms with E-state index in [0.29, 0.717) is 19.0 Å². The molecule has 0 bridgehead atoms. The lowest BCUT2D eigenvalue weighted by atomic mass is 10.0. The molecule has 1 fully saturated rings. The average molecular weight is 370 g/mol. The molecule has 7 heteroatoms. The Kier molecular flexibility index (Phi) is 4.80. The number of aryl methyl sites for hydroxylation is 2. The first-order chi connectivity index (χ1) is 13.0. The van der Waals surface area contributed by atoms with Gasteiger partial charge in [-0.2, -0.15) is 5.10 Å². The van der Waals surface area contributed by atoms with Gasteiger partial charge in [0, 0.05) is 36.8 Å². The summed E-state index contributed by atoms with van der Waals surface area (Å²) in [5, 5.41) is 17.6. The molecule has 0 radical (unpaired) electrons. The van der Waals surface area contributed by atoms with Gasteiger partial charge in [0.25, 0.3) is 0 Å². The third-order valence-electron chi connectivity index (χ3n) is 5.07. The number of aromatic amines is 1. The highest BCUT2D eigenvalue weighted by molar-refractivity contribution is 5.53. The van der Waals surface area contributed by atoms with Crippen molar-refractivity contribution in [2.24, 2.45) is 5.92 Å². The van der Waals surface area contributed by atoms with Crippen LogP contribution in [0.3, 0.4) is 0 Å². The third-order valence-corrected chi connectivity index (χ3v) is 5.07. The quantitative estimate of drug-likeness (QED) is 0.722. The normalized spacial score (nSPS) is 20.4. The van der Waals surface area contributed by atoms with Crippen LogP contribution in [0.15, 0.2) is 34.7 Å². The summed E-state index contributed by atoms with van der Waals surface area (Å²) in [6.45, 7) is 5.85. The third kappa shape index (κ3) is 3.94. The van der Waals surface area contributed by atoms with E-state index in [1.165, 1.54) is 12.1 Å². The minimum atomic E-state index is -0.384. The van der Waals surface area contributed by atoms with Crippen LogP contribution < -0.4 is 0 Å². The van der Waals surface area contributed by atoms with Crippen molar-refractivity contribution in [2.75, 3.05) is 13.1 Å². The first-order valence-corrected chi connectivity index (χ1v) is 9.11. The van der Waals surface area contributed by atoms with Crippen molar-refractivity contribution >= 4 is 0 Å². The lowest BCUT2D eigenvalue weighted by Gasteiger charge is -2.13. The molecule has 2 aromatic heterocycles. The minimum Gasteiger partial charge on any atom is -0.441 e. The van der Waals surface area contributed by atoms with Gasteiger partial charge >= 0.3 is 0 Å². The molecule has 2 N–H and O–H groups in total. The number of oxazole rings is 1. The molecule has 1 aliphatic rings. The van der Waals surface area contributed by atoms with E-state index in [2.05, 4.69) is 20.1 Å². The number of rotatable bonds is 5. The molecular weight excluding hydrogens is 347 g/mol. The average Bonchev–Trinajstić information content (AvgIpc) is 3.30. The molecular formula is C20H23FN4O2. The number of H-pyrrole nitrogens is 1. The predicted octanol–water partition coefficient (Wildman–Crippen LogP) is 2.86. The summed E-state index contributed by atoms with van der Waals surface area (Å²) in [5.74, 6) is 1.10. The van der Waals surface area contributed by atoms with Gasteiger partial charge in [-0.1, -0.05) is 0 Å². The number of hydrogen-bond donors (Lipinski definition) is 2. The second-order valence-electron chi connectivity index (χ2n) is 7.30. The van der Waals surface area contributed by atoms with Gasteiger partial charge in [-0.3, -0.25) is 10.00 Å². The van der Waals surface area contributed by atoms with Gasteiger partial charge in [0.1, 0.15) is 11.6 Å². The van der Waals surface area contributed by atoms with Crippen LogP contribution in [0.5, 0.6) is 0 Å². The molecule has 0 saturated carbocycles. The molecule has 142 valence electrons. The van der Waals surface area contributed by atoms with E-state index in [-0.39, 0.29) is 17.8 Å². The van der Waals surface area contributed by atoms with Crippen LogP contribution >= 0.6 is 0 Å². The topological polar surface area (TPSA) is 78.2 Å². The van der Waals surface area contributed by atoms with E-state index in [1.807, 2.05) is 19.9 Å². The highest BCUT2D eigenvalue weighted by Gasteiger charge is 2.32. The van der Waals surface area contributed by atoms with Gasteiger partial charge in [0.05, 0.1) is 17.5 Å². The summed E-state index contributed by atoms with van der Waals surface area (Å²) in [7, 11) is 0. The van der Waals surface area contributed by atoms with Gasteiger partial charge < -0.3 is 9.52 Å². The first-order valence-electron chi connectivity index (χ1n) is 9.11.